The quantitative estimate of drug-likeness (QED) is 0.633. The van der Waals surface area contributed by atoms with E-state index in [0.717, 1.165) is 0 Å². The number of non-ortho nitro benzene ring substituents is 1. The summed E-state index contributed by atoms with van der Waals surface area (Å²) in [7, 11) is 0. The molecule has 1 N–H and O–H groups in total. The summed E-state index contributed by atoms with van der Waals surface area (Å²) in [6.45, 7) is 4.98. The SMILES string of the molecule is Cc1cc(NC(=O)CN(C(=O)c2cccc([N+](=O)[O-])c2)C(C)C)no1. The molecule has 0 radical (unpaired) electrons. The molecule has 0 atom stereocenters. The molecule has 0 saturated heterocycles. The van der Waals surface area contributed by atoms with Crippen molar-refractivity contribution in [2.45, 2.75) is 26.8 Å². The van der Waals surface area contributed by atoms with Crippen LogP contribution in [0.25, 0.3) is 0 Å². The second-order valence-corrected chi connectivity index (χ2v) is 5.71. The third-order valence-electron chi connectivity index (χ3n) is 3.40. The van der Waals surface area contributed by atoms with Gasteiger partial charge in [0, 0.05) is 29.8 Å². The molecule has 132 valence electrons. The van der Waals surface area contributed by atoms with E-state index in [0.29, 0.717) is 5.76 Å². The van der Waals surface area contributed by atoms with Gasteiger partial charge in [0.15, 0.2) is 5.82 Å². The van der Waals surface area contributed by atoms with Crippen molar-refractivity contribution >= 4 is 23.3 Å². The van der Waals surface area contributed by atoms with Crippen LogP contribution in [0.15, 0.2) is 34.9 Å². The van der Waals surface area contributed by atoms with Gasteiger partial charge in [-0.3, -0.25) is 19.7 Å². The molecule has 0 aliphatic carbocycles. The fourth-order valence-electron chi connectivity index (χ4n) is 2.17. The summed E-state index contributed by atoms with van der Waals surface area (Å²) in [6, 6.07) is 6.68. The normalized spacial score (nSPS) is 10.6. The molecule has 2 amide bonds. The van der Waals surface area contributed by atoms with Crippen molar-refractivity contribution in [1.82, 2.24) is 10.1 Å². The molecule has 0 aliphatic heterocycles. The fraction of sp³-hybridized carbons (Fsp3) is 0.312. The van der Waals surface area contributed by atoms with Crippen LogP contribution >= 0.6 is 0 Å². The van der Waals surface area contributed by atoms with E-state index >= 15 is 0 Å². The largest absolute Gasteiger partial charge is 0.360 e. The van der Waals surface area contributed by atoms with Gasteiger partial charge in [-0.05, 0) is 26.8 Å². The van der Waals surface area contributed by atoms with E-state index in [9.17, 15) is 19.7 Å². The van der Waals surface area contributed by atoms with Crippen molar-refractivity contribution in [3.05, 3.63) is 51.8 Å². The number of nitrogens with zero attached hydrogens (tertiary/aromatic N) is 3. The number of anilines is 1. The van der Waals surface area contributed by atoms with Crippen molar-refractivity contribution in [2.75, 3.05) is 11.9 Å². The Kier molecular flexibility index (Phi) is 5.48. The van der Waals surface area contributed by atoms with Crippen molar-refractivity contribution in [3.63, 3.8) is 0 Å². The van der Waals surface area contributed by atoms with Crippen LogP contribution in [0.5, 0.6) is 0 Å². The van der Waals surface area contributed by atoms with Gasteiger partial charge in [-0.1, -0.05) is 11.2 Å². The minimum Gasteiger partial charge on any atom is -0.360 e. The zero-order valence-electron chi connectivity index (χ0n) is 14.1. The highest BCUT2D eigenvalue weighted by Gasteiger charge is 2.23. The number of hydrogen-bond acceptors (Lipinski definition) is 6. The van der Waals surface area contributed by atoms with Crippen LogP contribution in [0.4, 0.5) is 11.5 Å². The first kappa shape index (κ1) is 18.1. The molecule has 0 unspecified atom stereocenters. The second-order valence-electron chi connectivity index (χ2n) is 5.71. The Morgan fingerprint density at radius 1 is 1.36 bits per heavy atom. The van der Waals surface area contributed by atoms with Gasteiger partial charge < -0.3 is 14.7 Å². The summed E-state index contributed by atoms with van der Waals surface area (Å²) >= 11 is 0. The number of aromatic nitrogens is 1. The number of nitro benzene ring substituents is 1. The summed E-state index contributed by atoms with van der Waals surface area (Å²) in [5, 5.41) is 17.1. The van der Waals surface area contributed by atoms with Crippen LogP contribution in [-0.4, -0.2) is 39.4 Å². The van der Waals surface area contributed by atoms with Gasteiger partial charge in [0.25, 0.3) is 11.6 Å². The first-order chi connectivity index (χ1) is 11.8. The van der Waals surface area contributed by atoms with Crippen LogP contribution in [-0.2, 0) is 4.79 Å². The van der Waals surface area contributed by atoms with Crippen LogP contribution in [0, 0.1) is 17.0 Å². The van der Waals surface area contributed by atoms with Gasteiger partial charge in [-0.2, -0.15) is 0 Å². The molecule has 0 bridgehead atoms. The molecule has 0 fully saturated rings. The molecule has 0 spiro atoms. The molecule has 25 heavy (non-hydrogen) atoms. The molecule has 1 aromatic carbocycles. The summed E-state index contributed by atoms with van der Waals surface area (Å²) in [5.41, 5.74) is -0.0370. The Hall–Kier alpha value is -3.23. The summed E-state index contributed by atoms with van der Waals surface area (Å²) in [5.74, 6) is -0.108. The highest BCUT2D eigenvalue weighted by atomic mass is 16.6. The molecule has 0 saturated carbocycles. The number of hydrogen-bond donors (Lipinski definition) is 1. The highest BCUT2D eigenvalue weighted by molar-refractivity contribution is 5.99. The third-order valence-corrected chi connectivity index (χ3v) is 3.40. The number of nitro groups is 1. The van der Waals surface area contributed by atoms with Crippen LogP contribution in [0.1, 0.15) is 30.0 Å². The maximum atomic E-state index is 12.6. The van der Waals surface area contributed by atoms with Crippen LogP contribution in [0.2, 0.25) is 0 Å². The van der Waals surface area contributed by atoms with E-state index < -0.39 is 16.7 Å². The van der Waals surface area contributed by atoms with E-state index in [-0.39, 0.29) is 29.7 Å². The number of benzene rings is 1. The number of rotatable bonds is 6. The maximum absolute atomic E-state index is 12.6. The van der Waals surface area contributed by atoms with Gasteiger partial charge in [0.05, 0.1) is 4.92 Å². The standard InChI is InChI=1S/C16H18N4O5/c1-10(2)19(9-15(21)17-14-7-11(3)25-18-14)16(22)12-5-4-6-13(8-12)20(23)24/h4-8,10H,9H2,1-3H3,(H,17,18,21). The Balaban J connectivity index is 2.14. The van der Waals surface area contributed by atoms with E-state index in [1.165, 1.54) is 29.2 Å². The molecule has 2 rings (SSSR count). The number of amides is 2. The molecule has 1 aromatic heterocycles. The van der Waals surface area contributed by atoms with Crippen molar-refractivity contribution in [2.24, 2.45) is 0 Å². The summed E-state index contributed by atoms with van der Waals surface area (Å²) in [6.07, 6.45) is 0. The topological polar surface area (TPSA) is 119 Å². The smallest absolute Gasteiger partial charge is 0.270 e. The number of carbonyl (C=O) groups is 2. The molecule has 0 aliphatic rings. The number of aryl methyl sites for hydroxylation is 1. The van der Waals surface area contributed by atoms with E-state index in [1.54, 1.807) is 26.8 Å². The van der Waals surface area contributed by atoms with Gasteiger partial charge in [0.1, 0.15) is 12.3 Å². The lowest BCUT2D eigenvalue weighted by Crippen LogP contribution is -2.42. The van der Waals surface area contributed by atoms with Crippen LogP contribution in [0.3, 0.4) is 0 Å². The second kappa shape index (κ2) is 7.56. The molecule has 9 nitrogen and oxygen atoms in total. The molecule has 9 heteroatoms. The van der Waals surface area contributed by atoms with Gasteiger partial charge >= 0.3 is 0 Å². The lowest BCUT2D eigenvalue weighted by molar-refractivity contribution is -0.384. The Bertz CT molecular complexity index is 799. The minimum absolute atomic E-state index is 0.146. The maximum Gasteiger partial charge on any atom is 0.270 e. The number of carbonyl (C=O) groups excluding carboxylic acids is 2. The molecule has 2 aromatic rings. The summed E-state index contributed by atoms with van der Waals surface area (Å²) < 4.78 is 4.86. The lowest BCUT2D eigenvalue weighted by Gasteiger charge is -2.26. The van der Waals surface area contributed by atoms with E-state index in [4.69, 9.17) is 4.52 Å². The zero-order valence-corrected chi connectivity index (χ0v) is 14.1. The van der Waals surface area contributed by atoms with Gasteiger partial charge in [-0.15, -0.1) is 0 Å². The third kappa shape index (κ3) is 4.63. The monoisotopic (exact) mass is 346 g/mol. The minimum atomic E-state index is -0.573. The van der Waals surface area contributed by atoms with Gasteiger partial charge in [-0.25, -0.2) is 0 Å². The van der Waals surface area contributed by atoms with Crippen LogP contribution < -0.4 is 5.32 Å². The summed E-state index contributed by atoms with van der Waals surface area (Å²) in [4.78, 5) is 36.4. The van der Waals surface area contributed by atoms with E-state index in [1.807, 2.05) is 0 Å². The lowest BCUT2D eigenvalue weighted by atomic mass is 10.1. The average molecular weight is 346 g/mol. The average Bonchev–Trinajstić information content (AvgIpc) is 2.96. The predicted molar refractivity (Wildman–Crippen MR) is 89.1 cm³/mol. The highest BCUT2D eigenvalue weighted by Crippen LogP contribution is 2.16. The molecular formula is C16H18N4O5. The molecular weight excluding hydrogens is 328 g/mol. The van der Waals surface area contributed by atoms with E-state index in [2.05, 4.69) is 10.5 Å². The molecule has 1 heterocycles. The fourth-order valence-corrected chi connectivity index (χ4v) is 2.17. The van der Waals surface area contributed by atoms with Gasteiger partial charge in [0.2, 0.25) is 5.91 Å². The van der Waals surface area contributed by atoms with Crippen molar-refractivity contribution in [3.8, 4) is 0 Å². The zero-order chi connectivity index (χ0) is 18.6. The Labute approximate surface area is 143 Å². The van der Waals surface area contributed by atoms with Crippen molar-refractivity contribution < 1.29 is 19.0 Å². The predicted octanol–water partition coefficient (Wildman–Crippen LogP) is 2.38. The number of nitrogens with one attached hydrogen (secondary N) is 1. The first-order valence-corrected chi connectivity index (χ1v) is 7.56. The Morgan fingerprint density at radius 3 is 2.64 bits per heavy atom. The van der Waals surface area contributed by atoms with Crippen molar-refractivity contribution in [1.29, 1.82) is 0 Å². The Morgan fingerprint density at radius 2 is 2.08 bits per heavy atom. The first-order valence-electron chi connectivity index (χ1n) is 7.56.